The molecule has 0 saturated heterocycles. The zero-order valence-electron chi connectivity index (χ0n) is 10.8. The maximum absolute atomic E-state index is 3.89. The molecule has 2 aromatic rings. The Kier molecular flexibility index (Phi) is 3.33. The van der Waals surface area contributed by atoms with Crippen LogP contribution in [-0.4, -0.2) is 0 Å². The van der Waals surface area contributed by atoms with Crippen molar-refractivity contribution in [2.75, 3.05) is 0 Å². The molecule has 0 aliphatic heterocycles. The summed E-state index contributed by atoms with van der Waals surface area (Å²) >= 11 is 5.88. The number of rotatable bonds is 2. The molecule has 1 aliphatic rings. The van der Waals surface area contributed by atoms with E-state index in [4.69, 9.17) is 0 Å². The second-order valence-corrected chi connectivity index (χ2v) is 7.26. The molecule has 0 N–H and O–H groups in total. The number of hydrogen-bond donors (Lipinski definition) is 0. The molecule has 0 fully saturated rings. The topological polar surface area (TPSA) is 0 Å². The molecule has 0 bridgehead atoms. The van der Waals surface area contributed by atoms with Gasteiger partial charge in [0.15, 0.2) is 0 Å². The van der Waals surface area contributed by atoms with Crippen LogP contribution in [0, 0.1) is 13.8 Å². The van der Waals surface area contributed by atoms with E-state index < -0.39 is 0 Å². The summed E-state index contributed by atoms with van der Waals surface area (Å²) in [6.45, 7) is 4.36. The smallest absolute Gasteiger partial charge is 0.0740 e. The zero-order valence-corrected chi connectivity index (χ0v) is 13.2. The second kappa shape index (κ2) is 4.82. The fraction of sp³-hybridized carbons (Fsp3) is 0.375. The van der Waals surface area contributed by atoms with Crippen molar-refractivity contribution in [1.82, 2.24) is 0 Å². The van der Waals surface area contributed by atoms with Crippen molar-refractivity contribution >= 4 is 27.3 Å². The van der Waals surface area contributed by atoms with Gasteiger partial charge in [-0.15, -0.1) is 11.3 Å². The van der Waals surface area contributed by atoms with Crippen molar-refractivity contribution in [3.05, 3.63) is 56.3 Å². The minimum Gasteiger partial charge on any atom is -0.144 e. The summed E-state index contributed by atoms with van der Waals surface area (Å²) < 4.78 is 0. The van der Waals surface area contributed by atoms with E-state index in [2.05, 4.69) is 54.0 Å². The summed E-state index contributed by atoms with van der Waals surface area (Å²) in [4.78, 5) is 3.43. The van der Waals surface area contributed by atoms with Crippen LogP contribution >= 0.6 is 27.3 Å². The van der Waals surface area contributed by atoms with Gasteiger partial charge < -0.3 is 0 Å². The molecule has 94 valence electrons. The van der Waals surface area contributed by atoms with Gasteiger partial charge in [-0.05, 0) is 55.9 Å². The van der Waals surface area contributed by atoms with Crippen LogP contribution in [0.3, 0.4) is 0 Å². The minimum absolute atomic E-state index is 0.355. The highest BCUT2D eigenvalue weighted by Gasteiger charge is 2.20. The Morgan fingerprint density at radius 1 is 1.17 bits per heavy atom. The van der Waals surface area contributed by atoms with E-state index in [9.17, 15) is 0 Å². The van der Waals surface area contributed by atoms with E-state index in [1.807, 2.05) is 11.3 Å². The maximum atomic E-state index is 3.89. The molecule has 1 heterocycles. The fourth-order valence-electron chi connectivity index (χ4n) is 2.66. The van der Waals surface area contributed by atoms with Crippen molar-refractivity contribution in [1.29, 1.82) is 0 Å². The average molecular weight is 321 g/mol. The molecule has 1 aromatic heterocycles. The van der Waals surface area contributed by atoms with Crippen molar-refractivity contribution in [2.24, 2.45) is 0 Å². The first-order chi connectivity index (χ1) is 8.65. The van der Waals surface area contributed by atoms with Gasteiger partial charge in [0.25, 0.3) is 0 Å². The largest absolute Gasteiger partial charge is 0.144 e. The van der Waals surface area contributed by atoms with Gasteiger partial charge in [0.2, 0.25) is 0 Å². The molecule has 1 aromatic carbocycles. The van der Waals surface area contributed by atoms with Crippen LogP contribution in [0.5, 0.6) is 0 Å². The summed E-state index contributed by atoms with van der Waals surface area (Å²) in [6.07, 6.45) is 3.91. The molecule has 1 aliphatic carbocycles. The normalized spacial score (nSPS) is 15.7. The van der Waals surface area contributed by atoms with E-state index in [-0.39, 0.29) is 0 Å². The van der Waals surface area contributed by atoms with Gasteiger partial charge in [-0.1, -0.05) is 39.7 Å². The van der Waals surface area contributed by atoms with Gasteiger partial charge in [0.05, 0.1) is 4.83 Å². The standard InChI is InChI=1S/C16H17BrS/c1-10-6-7-11(2)13(8-10)16(17)15-9-12-4-3-5-14(12)18-15/h6-9,16H,3-5H2,1-2H3. The van der Waals surface area contributed by atoms with Gasteiger partial charge in [-0.3, -0.25) is 0 Å². The Morgan fingerprint density at radius 3 is 2.78 bits per heavy atom. The van der Waals surface area contributed by atoms with E-state index >= 15 is 0 Å². The lowest BCUT2D eigenvalue weighted by Crippen LogP contribution is -1.94. The van der Waals surface area contributed by atoms with Gasteiger partial charge in [0, 0.05) is 9.75 Å². The van der Waals surface area contributed by atoms with Crippen LogP contribution < -0.4 is 0 Å². The first-order valence-corrected chi connectivity index (χ1v) is 8.21. The van der Waals surface area contributed by atoms with Gasteiger partial charge in [0.1, 0.15) is 0 Å². The maximum Gasteiger partial charge on any atom is 0.0740 e. The Balaban J connectivity index is 1.98. The summed E-state index contributed by atoms with van der Waals surface area (Å²) in [5.41, 5.74) is 5.71. The Hall–Kier alpha value is -0.600. The third-order valence-corrected chi connectivity index (χ3v) is 6.31. The molecule has 0 radical (unpaired) electrons. The Labute approximate surface area is 121 Å². The number of hydrogen-bond acceptors (Lipinski definition) is 1. The van der Waals surface area contributed by atoms with Crippen molar-refractivity contribution in [2.45, 2.75) is 37.9 Å². The Morgan fingerprint density at radius 2 is 2.00 bits per heavy atom. The predicted octanol–water partition coefficient (Wildman–Crippen LogP) is 5.34. The molecule has 1 unspecified atom stereocenters. The van der Waals surface area contributed by atoms with E-state index in [0.717, 1.165) is 0 Å². The molecule has 2 heteroatoms. The number of thiophene rings is 1. The van der Waals surface area contributed by atoms with E-state index in [1.165, 1.54) is 40.8 Å². The highest BCUT2D eigenvalue weighted by Crippen LogP contribution is 2.41. The summed E-state index contributed by atoms with van der Waals surface area (Å²) in [6, 6.07) is 9.13. The summed E-state index contributed by atoms with van der Waals surface area (Å²) in [7, 11) is 0. The lowest BCUT2D eigenvalue weighted by molar-refractivity contribution is 0.913. The molecule has 18 heavy (non-hydrogen) atoms. The van der Waals surface area contributed by atoms with Crippen molar-refractivity contribution < 1.29 is 0 Å². The zero-order chi connectivity index (χ0) is 12.7. The highest BCUT2D eigenvalue weighted by atomic mass is 79.9. The molecule has 0 amide bonds. The summed E-state index contributed by atoms with van der Waals surface area (Å²) in [5.74, 6) is 0. The van der Waals surface area contributed by atoms with Crippen molar-refractivity contribution in [3.8, 4) is 0 Å². The molecule has 0 spiro atoms. The van der Waals surface area contributed by atoms with Crippen molar-refractivity contribution in [3.63, 3.8) is 0 Å². The lowest BCUT2D eigenvalue weighted by atomic mass is 10.0. The number of halogens is 1. The lowest BCUT2D eigenvalue weighted by Gasteiger charge is -2.12. The summed E-state index contributed by atoms with van der Waals surface area (Å²) in [5, 5.41) is 0. The predicted molar refractivity (Wildman–Crippen MR) is 83.0 cm³/mol. The highest BCUT2D eigenvalue weighted by molar-refractivity contribution is 9.09. The number of alkyl halides is 1. The van der Waals surface area contributed by atoms with Crippen LogP contribution in [-0.2, 0) is 12.8 Å². The quantitative estimate of drug-likeness (QED) is 0.655. The van der Waals surface area contributed by atoms with Gasteiger partial charge in [-0.2, -0.15) is 0 Å². The molecular weight excluding hydrogens is 304 g/mol. The Bertz CT molecular complexity index is 561. The van der Waals surface area contributed by atoms with Crippen LogP contribution in [0.15, 0.2) is 24.3 Å². The number of aryl methyl sites for hydroxylation is 4. The molecule has 3 rings (SSSR count). The average Bonchev–Trinajstić information content (AvgIpc) is 2.91. The fourth-order valence-corrected chi connectivity index (χ4v) is 4.82. The van der Waals surface area contributed by atoms with E-state index in [1.54, 1.807) is 10.4 Å². The SMILES string of the molecule is Cc1ccc(C)c(C(Br)c2cc3c(s2)CCC3)c1. The molecular formula is C16H17BrS. The third-order valence-electron chi connectivity index (χ3n) is 3.72. The van der Waals surface area contributed by atoms with Crippen LogP contribution in [0.4, 0.5) is 0 Å². The minimum atomic E-state index is 0.355. The monoisotopic (exact) mass is 320 g/mol. The van der Waals surface area contributed by atoms with E-state index in [0.29, 0.717) is 4.83 Å². The van der Waals surface area contributed by atoms with Crippen LogP contribution in [0.1, 0.15) is 43.3 Å². The number of benzene rings is 1. The first-order valence-electron chi connectivity index (χ1n) is 6.48. The number of fused-ring (bicyclic) bond motifs is 1. The van der Waals surface area contributed by atoms with Gasteiger partial charge in [-0.25, -0.2) is 0 Å². The van der Waals surface area contributed by atoms with Crippen LogP contribution in [0.2, 0.25) is 0 Å². The molecule has 0 nitrogen and oxygen atoms in total. The molecule has 1 atom stereocenters. The second-order valence-electron chi connectivity index (χ2n) is 5.17. The van der Waals surface area contributed by atoms with Gasteiger partial charge >= 0.3 is 0 Å². The van der Waals surface area contributed by atoms with Crippen LogP contribution in [0.25, 0.3) is 0 Å². The first kappa shape index (κ1) is 12.4. The molecule has 0 saturated carbocycles. The third kappa shape index (κ3) is 2.17.